The number of hydrogen-bond acceptors (Lipinski definition) is 4. The number of hydrogen-bond donors (Lipinski definition) is 1. The Balaban J connectivity index is 2.44. The van der Waals surface area contributed by atoms with E-state index in [0.717, 1.165) is 18.5 Å². The van der Waals surface area contributed by atoms with Gasteiger partial charge in [0.2, 0.25) is 0 Å². The minimum Gasteiger partial charge on any atom is -0.396 e. The molecular weight excluding hydrogens is 243 g/mol. The maximum Gasteiger partial charge on any atom is 0.148 e. The molecule has 2 N–H and O–H groups in total. The zero-order valence-electron chi connectivity index (χ0n) is 10.4. The third kappa shape index (κ3) is 2.51. The molecule has 4 nitrogen and oxygen atoms in total. The molecule has 1 aromatic carbocycles. The van der Waals surface area contributed by atoms with Gasteiger partial charge in [0.1, 0.15) is 12.4 Å². The molecule has 19 heavy (non-hydrogen) atoms. The number of anilines is 2. The molecule has 1 aromatic rings. The van der Waals surface area contributed by atoms with Crippen LogP contribution in [0.5, 0.6) is 0 Å². The van der Waals surface area contributed by atoms with Gasteiger partial charge in [-0.25, -0.2) is 4.39 Å². The van der Waals surface area contributed by atoms with Crippen molar-refractivity contribution in [2.24, 2.45) is 0 Å². The second-order valence-corrected chi connectivity index (χ2v) is 4.34. The molecule has 0 saturated heterocycles. The van der Waals surface area contributed by atoms with Crippen LogP contribution in [-0.2, 0) is 0 Å². The van der Waals surface area contributed by atoms with Crippen LogP contribution in [0.3, 0.4) is 0 Å². The lowest BCUT2D eigenvalue weighted by Crippen LogP contribution is -2.23. The van der Waals surface area contributed by atoms with Crippen molar-refractivity contribution in [2.45, 2.75) is 19.3 Å². The van der Waals surface area contributed by atoms with E-state index in [1.54, 1.807) is 11.0 Å². The fraction of sp³-hybridized carbons (Fsp3) is 0.286. The number of allylic oxidation sites excluding steroid dienone is 2. The quantitative estimate of drug-likeness (QED) is 0.666. The topological polar surface area (TPSA) is 76.8 Å². The van der Waals surface area contributed by atoms with Gasteiger partial charge in [-0.1, -0.05) is 0 Å². The first-order chi connectivity index (χ1) is 9.17. The summed E-state index contributed by atoms with van der Waals surface area (Å²) in [6, 6.07) is 8.64. The first-order valence-electron chi connectivity index (χ1n) is 5.99. The molecule has 0 amide bonds. The van der Waals surface area contributed by atoms with Crippen molar-refractivity contribution in [3.05, 3.63) is 35.3 Å². The molecule has 0 aliphatic heterocycles. The summed E-state index contributed by atoms with van der Waals surface area (Å²) in [5, 5.41) is 18.0. The van der Waals surface area contributed by atoms with E-state index in [1.165, 1.54) is 12.1 Å². The summed E-state index contributed by atoms with van der Waals surface area (Å²) in [4.78, 5) is 1.69. The van der Waals surface area contributed by atoms with Gasteiger partial charge >= 0.3 is 0 Å². The number of halogens is 1. The highest BCUT2D eigenvalue weighted by molar-refractivity contribution is 5.60. The zero-order chi connectivity index (χ0) is 13.8. The molecule has 1 aliphatic rings. The van der Waals surface area contributed by atoms with Gasteiger partial charge in [-0.2, -0.15) is 10.5 Å². The van der Waals surface area contributed by atoms with Crippen LogP contribution in [-0.4, -0.2) is 6.54 Å². The van der Waals surface area contributed by atoms with Gasteiger partial charge in [-0.05, 0) is 37.5 Å². The molecule has 1 aliphatic carbocycles. The van der Waals surface area contributed by atoms with E-state index in [2.05, 4.69) is 12.1 Å². The van der Waals surface area contributed by atoms with E-state index in [9.17, 15) is 4.39 Å². The van der Waals surface area contributed by atoms with Crippen LogP contribution in [0.15, 0.2) is 29.5 Å². The van der Waals surface area contributed by atoms with Gasteiger partial charge in [0.05, 0.1) is 17.8 Å². The van der Waals surface area contributed by atoms with Crippen molar-refractivity contribution < 1.29 is 4.39 Å². The Labute approximate surface area is 111 Å². The summed E-state index contributed by atoms with van der Waals surface area (Å²) in [6.45, 7) is 0.0872. The predicted octanol–water partition coefficient (Wildman–Crippen LogP) is 2.70. The van der Waals surface area contributed by atoms with Gasteiger partial charge in [0.25, 0.3) is 0 Å². The highest BCUT2D eigenvalue weighted by Crippen LogP contribution is 2.32. The molecule has 0 aromatic heterocycles. The Hall–Kier alpha value is -2.53. The SMILES string of the molecule is N#CCN(C1=C(C#N)CCC1)c1ccc(N)c(F)c1. The highest BCUT2D eigenvalue weighted by atomic mass is 19.1. The molecule has 0 spiro atoms. The molecular formula is C14H13FN4. The second-order valence-electron chi connectivity index (χ2n) is 4.34. The third-order valence-corrected chi connectivity index (χ3v) is 3.17. The number of nitriles is 2. The molecule has 0 radical (unpaired) electrons. The molecule has 0 saturated carbocycles. The first-order valence-corrected chi connectivity index (χ1v) is 5.99. The van der Waals surface area contributed by atoms with Gasteiger partial charge in [-0.3, -0.25) is 0 Å². The molecule has 0 unspecified atom stereocenters. The summed E-state index contributed by atoms with van der Waals surface area (Å²) in [6.07, 6.45) is 2.33. The number of nitrogens with zero attached hydrogens (tertiary/aromatic N) is 3. The molecule has 0 fully saturated rings. The Morgan fingerprint density at radius 2 is 2.11 bits per heavy atom. The molecule has 0 heterocycles. The van der Waals surface area contributed by atoms with Crippen LogP contribution in [0.2, 0.25) is 0 Å². The van der Waals surface area contributed by atoms with Gasteiger partial charge < -0.3 is 10.6 Å². The van der Waals surface area contributed by atoms with Gasteiger partial charge in [0, 0.05) is 17.0 Å². The fourth-order valence-electron chi connectivity index (χ4n) is 2.24. The third-order valence-electron chi connectivity index (χ3n) is 3.17. The Morgan fingerprint density at radius 3 is 2.74 bits per heavy atom. The van der Waals surface area contributed by atoms with E-state index in [4.69, 9.17) is 16.3 Å². The Morgan fingerprint density at radius 1 is 1.32 bits per heavy atom. The van der Waals surface area contributed by atoms with Crippen LogP contribution in [0.4, 0.5) is 15.8 Å². The highest BCUT2D eigenvalue weighted by Gasteiger charge is 2.21. The van der Waals surface area contributed by atoms with Gasteiger partial charge in [0.15, 0.2) is 0 Å². The summed E-state index contributed by atoms with van der Waals surface area (Å²) >= 11 is 0. The van der Waals surface area contributed by atoms with Crippen LogP contribution in [0.1, 0.15) is 19.3 Å². The lowest BCUT2D eigenvalue weighted by molar-refractivity contribution is 0.632. The number of nitrogens with two attached hydrogens (primary N) is 1. The summed E-state index contributed by atoms with van der Waals surface area (Å²) in [7, 11) is 0. The van der Waals surface area contributed by atoms with Crippen LogP contribution < -0.4 is 10.6 Å². The number of nitrogen functional groups attached to an aromatic ring is 1. The van der Waals surface area contributed by atoms with E-state index >= 15 is 0 Å². The van der Waals surface area contributed by atoms with Crippen molar-refractivity contribution in [2.75, 3.05) is 17.2 Å². The van der Waals surface area contributed by atoms with Crippen molar-refractivity contribution in [1.29, 1.82) is 10.5 Å². The molecule has 0 atom stereocenters. The maximum absolute atomic E-state index is 13.5. The average molecular weight is 256 g/mol. The van der Waals surface area contributed by atoms with E-state index in [0.29, 0.717) is 17.7 Å². The monoisotopic (exact) mass is 256 g/mol. The van der Waals surface area contributed by atoms with Gasteiger partial charge in [-0.15, -0.1) is 0 Å². The summed E-state index contributed by atoms with van der Waals surface area (Å²) in [5.74, 6) is -0.516. The Kier molecular flexibility index (Phi) is 3.68. The number of rotatable bonds is 3. The van der Waals surface area contributed by atoms with E-state index in [-0.39, 0.29) is 12.2 Å². The Bertz CT molecular complexity index is 607. The largest absolute Gasteiger partial charge is 0.396 e. The normalized spacial score (nSPS) is 14.1. The van der Waals surface area contributed by atoms with Crippen molar-refractivity contribution in [3.63, 3.8) is 0 Å². The standard InChI is InChI=1S/C14H13FN4/c15-12-8-11(4-5-13(12)18)19(7-6-16)14-3-1-2-10(14)9-17/h4-5,8H,1-3,7,18H2. The van der Waals surface area contributed by atoms with Crippen LogP contribution in [0.25, 0.3) is 0 Å². The number of benzene rings is 1. The van der Waals surface area contributed by atoms with Crippen molar-refractivity contribution in [1.82, 2.24) is 0 Å². The summed E-state index contributed by atoms with van der Waals surface area (Å²) in [5.41, 5.74) is 7.56. The van der Waals surface area contributed by atoms with E-state index < -0.39 is 5.82 Å². The van der Waals surface area contributed by atoms with Crippen molar-refractivity contribution in [3.8, 4) is 12.1 Å². The lowest BCUT2D eigenvalue weighted by Gasteiger charge is -2.24. The minimum absolute atomic E-state index is 0.0709. The van der Waals surface area contributed by atoms with Crippen molar-refractivity contribution >= 4 is 11.4 Å². The maximum atomic E-state index is 13.5. The van der Waals surface area contributed by atoms with Crippen LogP contribution >= 0.6 is 0 Å². The first kappa shape index (κ1) is 12.9. The van der Waals surface area contributed by atoms with E-state index in [1.807, 2.05) is 0 Å². The second kappa shape index (κ2) is 5.41. The molecule has 96 valence electrons. The zero-order valence-corrected chi connectivity index (χ0v) is 10.4. The average Bonchev–Trinajstić information content (AvgIpc) is 2.87. The predicted molar refractivity (Wildman–Crippen MR) is 70.3 cm³/mol. The summed E-state index contributed by atoms with van der Waals surface area (Å²) < 4.78 is 13.5. The lowest BCUT2D eigenvalue weighted by atomic mass is 10.2. The molecule has 5 heteroatoms. The smallest absolute Gasteiger partial charge is 0.148 e. The molecule has 2 rings (SSSR count). The fourth-order valence-corrected chi connectivity index (χ4v) is 2.24. The minimum atomic E-state index is -0.516. The molecule has 0 bridgehead atoms. The van der Waals surface area contributed by atoms with Crippen LogP contribution in [0, 0.1) is 28.5 Å².